The van der Waals surface area contributed by atoms with Gasteiger partial charge in [0.1, 0.15) is 11.5 Å². The molecule has 0 radical (unpaired) electrons. The number of esters is 1. The summed E-state index contributed by atoms with van der Waals surface area (Å²) in [6.45, 7) is 2.21. The first-order valence-electron chi connectivity index (χ1n) is 11.3. The predicted molar refractivity (Wildman–Crippen MR) is 132 cm³/mol. The highest BCUT2D eigenvalue weighted by molar-refractivity contribution is 5.78. The highest BCUT2D eigenvalue weighted by atomic mass is 16.5. The molecule has 4 aromatic rings. The number of phenols is 1. The van der Waals surface area contributed by atoms with Gasteiger partial charge in [-0.15, -0.1) is 0 Å². The van der Waals surface area contributed by atoms with Gasteiger partial charge in [0.2, 0.25) is 0 Å². The van der Waals surface area contributed by atoms with Crippen molar-refractivity contribution >= 4 is 17.5 Å². The molecule has 34 heavy (non-hydrogen) atoms. The van der Waals surface area contributed by atoms with Gasteiger partial charge < -0.3 is 20.5 Å². The third-order valence-corrected chi connectivity index (χ3v) is 5.68. The molecule has 3 aromatic carbocycles. The molecule has 4 N–H and O–H groups in total. The molecule has 7 nitrogen and oxygen atoms in total. The maximum absolute atomic E-state index is 11.4. The number of H-pyrrole nitrogens is 1. The van der Waals surface area contributed by atoms with Crippen molar-refractivity contribution in [3.05, 3.63) is 78.4 Å². The molecule has 0 aliphatic heterocycles. The van der Waals surface area contributed by atoms with Crippen molar-refractivity contribution in [2.45, 2.75) is 32.4 Å². The van der Waals surface area contributed by atoms with Crippen LogP contribution in [0.25, 0.3) is 22.4 Å². The van der Waals surface area contributed by atoms with E-state index in [1.165, 1.54) is 31.4 Å². The lowest BCUT2D eigenvalue weighted by Crippen LogP contribution is -2.15. The Balaban J connectivity index is 1.30. The second kappa shape index (κ2) is 9.41. The normalized spacial score (nSPS) is 13.0. The SMILES string of the molecule is CC(=O)Oc1cc(O)ccc1-c1ccc(-c2cc(Nc3cccc(CNC4CC4)c3)n[nH]2)cc1. The number of hydrogen-bond donors (Lipinski definition) is 4. The fraction of sp³-hybridized carbons (Fsp3) is 0.185. The van der Waals surface area contributed by atoms with Crippen LogP contribution in [0.15, 0.2) is 72.8 Å². The van der Waals surface area contributed by atoms with Gasteiger partial charge in [-0.1, -0.05) is 36.4 Å². The molecule has 0 saturated heterocycles. The number of aromatic hydroxyl groups is 1. The summed E-state index contributed by atoms with van der Waals surface area (Å²) >= 11 is 0. The number of rotatable bonds is 8. The van der Waals surface area contributed by atoms with E-state index >= 15 is 0 Å². The number of benzene rings is 3. The van der Waals surface area contributed by atoms with Crippen molar-refractivity contribution in [1.29, 1.82) is 0 Å². The van der Waals surface area contributed by atoms with Gasteiger partial charge in [0.25, 0.3) is 0 Å². The summed E-state index contributed by atoms with van der Waals surface area (Å²) in [5.41, 5.74) is 5.68. The standard InChI is InChI=1S/C27H26N4O3/c1-17(32)34-26-14-23(33)11-12-24(26)19-5-7-20(8-6-19)25-15-27(31-30-25)29-22-4-2-3-18(13-22)16-28-21-9-10-21/h2-8,11-15,21,28,33H,9-10,16H2,1H3,(H2,29,30,31). The summed E-state index contributed by atoms with van der Waals surface area (Å²) in [4.78, 5) is 11.4. The van der Waals surface area contributed by atoms with E-state index < -0.39 is 5.97 Å². The summed E-state index contributed by atoms with van der Waals surface area (Å²) in [6, 6.07) is 23.6. The van der Waals surface area contributed by atoms with Crippen LogP contribution in [-0.2, 0) is 11.3 Å². The number of hydrogen-bond acceptors (Lipinski definition) is 6. The van der Waals surface area contributed by atoms with Crippen LogP contribution in [0.3, 0.4) is 0 Å². The second-order valence-electron chi connectivity index (χ2n) is 8.50. The molecule has 1 fully saturated rings. The molecule has 5 rings (SSSR count). The number of carbonyl (C=O) groups excluding carboxylic acids is 1. The van der Waals surface area contributed by atoms with Gasteiger partial charge in [-0.2, -0.15) is 5.10 Å². The lowest BCUT2D eigenvalue weighted by atomic mass is 10.0. The number of anilines is 2. The van der Waals surface area contributed by atoms with Crippen LogP contribution in [0.1, 0.15) is 25.3 Å². The van der Waals surface area contributed by atoms with Crippen LogP contribution in [0, 0.1) is 0 Å². The molecule has 0 amide bonds. The highest BCUT2D eigenvalue weighted by Gasteiger charge is 2.19. The first kappa shape index (κ1) is 21.7. The Morgan fingerprint density at radius 3 is 2.62 bits per heavy atom. The molecule has 1 aromatic heterocycles. The smallest absolute Gasteiger partial charge is 0.308 e. The zero-order chi connectivity index (χ0) is 23.5. The molecule has 1 aliphatic carbocycles. The van der Waals surface area contributed by atoms with E-state index in [9.17, 15) is 9.90 Å². The molecule has 7 heteroatoms. The molecule has 0 atom stereocenters. The van der Waals surface area contributed by atoms with Crippen LogP contribution in [0.2, 0.25) is 0 Å². The van der Waals surface area contributed by atoms with Crippen LogP contribution in [0.4, 0.5) is 11.5 Å². The number of aromatic amines is 1. The number of carbonyl (C=O) groups is 1. The highest BCUT2D eigenvalue weighted by Crippen LogP contribution is 2.34. The number of nitrogens with one attached hydrogen (secondary N) is 3. The molecule has 1 heterocycles. The third-order valence-electron chi connectivity index (χ3n) is 5.68. The largest absolute Gasteiger partial charge is 0.508 e. The lowest BCUT2D eigenvalue weighted by molar-refractivity contribution is -0.131. The lowest BCUT2D eigenvalue weighted by Gasteiger charge is -2.10. The molecule has 172 valence electrons. The van der Waals surface area contributed by atoms with Gasteiger partial charge in [0.15, 0.2) is 5.82 Å². The fourth-order valence-electron chi connectivity index (χ4n) is 3.81. The third kappa shape index (κ3) is 5.27. The Hall–Kier alpha value is -4.10. The Morgan fingerprint density at radius 1 is 1.06 bits per heavy atom. The van der Waals surface area contributed by atoms with Crippen LogP contribution in [0.5, 0.6) is 11.5 Å². The topological polar surface area (TPSA) is 99.3 Å². The Kier molecular flexibility index (Phi) is 6.01. The van der Waals surface area contributed by atoms with E-state index in [0.29, 0.717) is 11.8 Å². The summed E-state index contributed by atoms with van der Waals surface area (Å²) in [7, 11) is 0. The van der Waals surface area contributed by atoms with E-state index in [1.807, 2.05) is 42.5 Å². The van der Waals surface area contributed by atoms with Gasteiger partial charge in [-0.05, 0) is 53.8 Å². The quantitative estimate of drug-likeness (QED) is 0.211. The zero-order valence-electron chi connectivity index (χ0n) is 18.8. The Labute approximate surface area is 197 Å². The minimum atomic E-state index is -0.439. The summed E-state index contributed by atoms with van der Waals surface area (Å²) < 4.78 is 5.27. The van der Waals surface area contributed by atoms with E-state index in [1.54, 1.807) is 12.1 Å². The Morgan fingerprint density at radius 2 is 1.85 bits per heavy atom. The molecular formula is C27H26N4O3. The summed E-state index contributed by atoms with van der Waals surface area (Å²) in [5, 5.41) is 24.1. The Bertz CT molecular complexity index is 1310. The van der Waals surface area contributed by atoms with Crippen molar-refractivity contribution < 1.29 is 14.6 Å². The van der Waals surface area contributed by atoms with Gasteiger partial charge in [0.05, 0.1) is 5.69 Å². The molecule has 1 saturated carbocycles. The fourth-order valence-corrected chi connectivity index (χ4v) is 3.81. The maximum Gasteiger partial charge on any atom is 0.308 e. The van der Waals surface area contributed by atoms with Crippen LogP contribution < -0.4 is 15.4 Å². The van der Waals surface area contributed by atoms with E-state index in [0.717, 1.165) is 40.4 Å². The van der Waals surface area contributed by atoms with Crippen molar-refractivity contribution in [3.8, 4) is 33.9 Å². The second-order valence-corrected chi connectivity index (χ2v) is 8.50. The number of phenolic OH excluding ortho intramolecular Hbond substituents is 1. The summed E-state index contributed by atoms with van der Waals surface area (Å²) in [5.74, 6) is 0.661. The van der Waals surface area contributed by atoms with Crippen LogP contribution in [-0.4, -0.2) is 27.3 Å². The number of aromatic nitrogens is 2. The molecule has 0 bridgehead atoms. The minimum absolute atomic E-state index is 0.0406. The van der Waals surface area contributed by atoms with Gasteiger partial charge in [-0.25, -0.2) is 0 Å². The van der Waals surface area contributed by atoms with Crippen molar-refractivity contribution in [2.75, 3.05) is 5.32 Å². The van der Waals surface area contributed by atoms with Crippen molar-refractivity contribution in [3.63, 3.8) is 0 Å². The molecule has 0 unspecified atom stereocenters. The zero-order valence-corrected chi connectivity index (χ0v) is 18.8. The number of ether oxygens (including phenoxy) is 1. The van der Waals surface area contributed by atoms with Gasteiger partial charge in [0, 0.05) is 42.9 Å². The van der Waals surface area contributed by atoms with Crippen molar-refractivity contribution in [2.24, 2.45) is 0 Å². The van der Waals surface area contributed by atoms with E-state index in [-0.39, 0.29) is 5.75 Å². The average Bonchev–Trinajstić information content (AvgIpc) is 3.54. The summed E-state index contributed by atoms with van der Waals surface area (Å²) in [6.07, 6.45) is 2.55. The van der Waals surface area contributed by atoms with Gasteiger partial charge >= 0.3 is 5.97 Å². The first-order chi connectivity index (χ1) is 16.5. The van der Waals surface area contributed by atoms with Crippen molar-refractivity contribution in [1.82, 2.24) is 15.5 Å². The minimum Gasteiger partial charge on any atom is -0.508 e. The molecule has 1 aliphatic rings. The molecular weight excluding hydrogens is 428 g/mol. The maximum atomic E-state index is 11.4. The van der Waals surface area contributed by atoms with E-state index in [2.05, 4.69) is 33.0 Å². The molecule has 0 spiro atoms. The average molecular weight is 455 g/mol. The van der Waals surface area contributed by atoms with Crippen LogP contribution >= 0.6 is 0 Å². The van der Waals surface area contributed by atoms with E-state index in [4.69, 9.17) is 4.74 Å². The first-order valence-corrected chi connectivity index (χ1v) is 11.3. The monoisotopic (exact) mass is 454 g/mol. The predicted octanol–water partition coefficient (Wildman–Crippen LogP) is 5.37. The number of nitrogens with zero attached hydrogens (tertiary/aromatic N) is 1. The van der Waals surface area contributed by atoms with Gasteiger partial charge in [-0.3, -0.25) is 9.89 Å².